The lowest BCUT2D eigenvalue weighted by Gasteiger charge is -2.03. The van der Waals surface area contributed by atoms with Crippen LogP contribution in [-0.4, -0.2) is 0 Å². The molecule has 0 fully saturated rings. The van der Waals surface area contributed by atoms with Crippen molar-refractivity contribution in [3.8, 4) is 11.1 Å². The zero-order chi connectivity index (χ0) is 9.97. The first-order chi connectivity index (χ1) is 6.79. The zero-order valence-corrected chi connectivity index (χ0v) is 7.30. The van der Waals surface area contributed by atoms with Crippen LogP contribution in [0.25, 0.3) is 11.1 Å². The Morgan fingerprint density at radius 3 is 2.29 bits per heavy atom. The Hall–Kier alpha value is -1.70. The summed E-state index contributed by atoms with van der Waals surface area (Å²) in [4.78, 5) is 0. The highest BCUT2D eigenvalue weighted by Crippen LogP contribution is 2.24. The van der Waals surface area contributed by atoms with Crippen molar-refractivity contribution in [1.82, 2.24) is 0 Å². The third-order valence-electron chi connectivity index (χ3n) is 1.97. The highest BCUT2D eigenvalue weighted by molar-refractivity contribution is 5.64. The van der Waals surface area contributed by atoms with E-state index in [-0.39, 0.29) is 11.1 Å². The molecule has 0 amide bonds. The normalized spacial score (nSPS) is 10.1. The maximum absolute atomic E-state index is 13.3. The van der Waals surface area contributed by atoms with Crippen molar-refractivity contribution in [1.29, 1.82) is 0 Å². The molecule has 2 rings (SSSR count). The number of benzene rings is 2. The Bertz CT molecular complexity index is 406. The standard InChI is InChI=1S/C12H7F2/c13-11-7-3-1-5-9(11)10-6-2-4-8-12(10)14/h1,3-8H. The van der Waals surface area contributed by atoms with Gasteiger partial charge in [0.2, 0.25) is 0 Å². The summed E-state index contributed by atoms with van der Waals surface area (Å²) in [5, 5.41) is 0. The van der Waals surface area contributed by atoms with E-state index in [0.29, 0.717) is 0 Å². The average Bonchev–Trinajstić information content (AvgIpc) is 2.20. The van der Waals surface area contributed by atoms with Crippen molar-refractivity contribution in [2.24, 2.45) is 0 Å². The van der Waals surface area contributed by atoms with Gasteiger partial charge in [-0.2, -0.15) is 0 Å². The lowest BCUT2D eigenvalue weighted by molar-refractivity contribution is 0.616. The fourth-order valence-corrected chi connectivity index (χ4v) is 1.30. The minimum atomic E-state index is -0.436. The predicted molar refractivity (Wildman–Crippen MR) is 50.6 cm³/mol. The van der Waals surface area contributed by atoms with Crippen molar-refractivity contribution < 1.29 is 8.78 Å². The molecule has 0 saturated carbocycles. The summed E-state index contributed by atoms with van der Waals surface area (Å²) in [6.45, 7) is 0. The molecule has 0 bridgehead atoms. The Morgan fingerprint density at radius 1 is 0.857 bits per heavy atom. The van der Waals surface area contributed by atoms with Crippen LogP contribution < -0.4 is 0 Å². The minimum Gasteiger partial charge on any atom is -0.206 e. The highest BCUT2D eigenvalue weighted by atomic mass is 19.1. The summed E-state index contributed by atoms with van der Waals surface area (Å²) in [6.07, 6.45) is 0. The van der Waals surface area contributed by atoms with E-state index in [9.17, 15) is 8.78 Å². The number of hydrogen-bond acceptors (Lipinski definition) is 0. The van der Waals surface area contributed by atoms with Crippen LogP contribution in [0.4, 0.5) is 8.78 Å². The van der Waals surface area contributed by atoms with Gasteiger partial charge < -0.3 is 0 Å². The molecule has 0 heterocycles. The molecule has 0 spiro atoms. The molecule has 0 atom stereocenters. The lowest BCUT2D eigenvalue weighted by Crippen LogP contribution is -1.87. The Morgan fingerprint density at radius 2 is 1.57 bits per heavy atom. The van der Waals surface area contributed by atoms with Gasteiger partial charge in [0, 0.05) is 11.1 Å². The van der Waals surface area contributed by atoms with Gasteiger partial charge in [-0.15, -0.1) is 0 Å². The van der Waals surface area contributed by atoms with Crippen molar-refractivity contribution >= 4 is 0 Å². The second kappa shape index (κ2) is 3.58. The van der Waals surface area contributed by atoms with Gasteiger partial charge in [-0.05, 0) is 24.3 Å². The Labute approximate surface area is 80.8 Å². The first-order valence-electron chi connectivity index (χ1n) is 4.19. The molecule has 2 aromatic rings. The van der Waals surface area contributed by atoms with Crippen LogP contribution in [0.2, 0.25) is 0 Å². The van der Waals surface area contributed by atoms with E-state index >= 15 is 0 Å². The van der Waals surface area contributed by atoms with E-state index in [4.69, 9.17) is 0 Å². The third-order valence-corrected chi connectivity index (χ3v) is 1.97. The molecular weight excluding hydrogens is 182 g/mol. The highest BCUT2D eigenvalue weighted by Gasteiger charge is 2.07. The summed E-state index contributed by atoms with van der Waals surface area (Å²) >= 11 is 0. The second-order valence-corrected chi connectivity index (χ2v) is 2.89. The number of halogens is 2. The molecule has 0 aromatic heterocycles. The van der Waals surface area contributed by atoms with Gasteiger partial charge in [0.25, 0.3) is 0 Å². The van der Waals surface area contributed by atoms with Crippen LogP contribution in [0.3, 0.4) is 0 Å². The molecule has 2 aromatic carbocycles. The summed E-state index contributed by atoms with van der Waals surface area (Å²) in [5.74, 6) is -0.861. The molecule has 1 radical (unpaired) electrons. The van der Waals surface area contributed by atoms with Crippen molar-refractivity contribution in [3.63, 3.8) is 0 Å². The molecule has 2 heteroatoms. The molecular formula is C12H7F2. The maximum atomic E-state index is 13.3. The van der Waals surface area contributed by atoms with Gasteiger partial charge in [-0.25, -0.2) is 8.78 Å². The largest absolute Gasteiger partial charge is 0.206 e. The molecule has 14 heavy (non-hydrogen) atoms. The summed E-state index contributed by atoms with van der Waals surface area (Å²) in [5.41, 5.74) is 0.507. The van der Waals surface area contributed by atoms with Crippen LogP contribution in [-0.2, 0) is 0 Å². The molecule has 0 aliphatic rings. The number of rotatable bonds is 1. The van der Waals surface area contributed by atoms with Crippen LogP contribution in [0.15, 0.2) is 42.5 Å². The van der Waals surface area contributed by atoms with E-state index in [0.717, 1.165) is 0 Å². The van der Waals surface area contributed by atoms with Gasteiger partial charge in [-0.3, -0.25) is 0 Å². The van der Waals surface area contributed by atoms with Crippen LogP contribution in [0, 0.1) is 17.7 Å². The quantitative estimate of drug-likeness (QED) is 0.644. The molecule has 0 N–H and O–H groups in total. The van der Waals surface area contributed by atoms with Gasteiger partial charge >= 0.3 is 0 Å². The van der Waals surface area contributed by atoms with Gasteiger partial charge in [0.15, 0.2) is 0 Å². The Kier molecular flexibility index (Phi) is 2.27. The van der Waals surface area contributed by atoms with E-state index in [1.54, 1.807) is 18.2 Å². The summed E-state index contributed by atoms with van der Waals surface area (Å²) in [7, 11) is 0. The van der Waals surface area contributed by atoms with E-state index in [1.807, 2.05) is 0 Å². The average molecular weight is 189 g/mol. The van der Waals surface area contributed by atoms with E-state index in [1.165, 1.54) is 24.3 Å². The van der Waals surface area contributed by atoms with Crippen LogP contribution >= 0.6 is 0 Å². The molecule has 0 aliphatic heterocycles. The van der Waals surface area contributed by atoms with Gasteiger partial charge in [-0.1, -0.05) is 24.3 Å². The zero-order valence-electron chi connectivity index (χ0n) is 7.30. The fraction of sp³-hybridized carbons (Fsp3) is 0. The van der Waals surface area contributed by atoms with Gasteiger partial charge in [0.05, 0.1) is 0 Å². The first kappa shape index (κ1) is 8.88. The second-order valence-electron chi connectivity index (χ2n) is 2.89. The minimum absolute atomic E-state index is 0.241. The van der Waals surface area contributed by atoms with Crippen molar-refractivity contribution in [2.45, 2.75) is 0 Å². The van der Waals surface area contributed by atoms with E-state index in [2.05, 4.69) is 6.07 Å². The first-order valence-corrected chi connectivity index (χ1v) is 4.19. The smallest absolute Gasteiger partial charge is 0.131 e. The molecule has 69 valence electrons. The van der Waals surface area contributed by atoms with E-state index < -0.39 is 11.6 Å². The Balaban J connectivity index is 2.61. The van der Waals surface area contributed by atoms with Gasteiger partial charge in [0.1, 0.15) is 11.6 Å². The fourth-order valence-electron chi connectivity index (χ4n) is 1.30. The number of hydrogen-bond donors (Lipinski definition) is 0. The molecule has 0 nitrogen and oxygen atoms in total. The lowest BCUT2D eigenvalue weighted by atomic mass is 10.0. The molecule has 0 aliphatic carbocycles. The summed E-state index contributed by atoms with van der Waals surface area (Å²) in [6, 6.07) is 13.0. The van der Waals surface area contributed by atoms with Crippen LogP contribution in [0.5, 0.6) is 0 Å². The maximum Gasteiger partial charge on any atom is 0.131 e. The topological polar surface area (TPSA) is 0 Å². The van der Waals surface area contributed by atoms with Crippen LogP contribution in [0.1, 0.15) is 0 Å². The van der Waals surface area contributed by atoms with Crippen molar-refractivity contribution in [2.75, 3.05) is 0 Å². The third kappa shape index (κ3) is 1.51. The molecule has 0 saturated heterocycles. The molecule has 0 unspecified atom stereocenters. The SMILES string of the molecule is Fc1cc[c]cc1-c1ccccc1F. The van der Waals surface area contributed by atoms with Crippen molar-refractivity contribution in [3.05, 3.63) is 60.2 Å². The predicted octanol–water partition coefficient (Wildman–Crippen LogP) is 3.43. The monoisotopic (exact) mass is 189 g/mol. The summed E-state index contributed by atoms with van der Waals surface area (Å²) < 4.78 is 26.5.